The highest BCUT2D eigenvalue weighted by Gasteiger charge is 2.28. The fourth-order valence-corrected chi connectivity index (χ4v) is 5.46. The number of nitrogens with zero attached hydrogens (tertiary/aromatic N) is 5. The van der Waals surface area contributed by atoms with Crippen molar-refractivity contribution in [3.05, 3.63) is 46.4 Å². The van der Waals surface area contributed by atoms with Crippen LogP contribution in [0.25, 0.3) is 10.2 Å². The van der Waals surface area contributed by atoms with E-state index in [0.29, 0.717) is 29.8 Å². The summed E-state index contributed by atoms with van der Waals surface area (Å²) in [6.45, 7) is 6.57. The van der Waals surface area contributed by atoms with Crippen LogP contribution in [0, 0.1) is 13.8 Å². The van der Waals surface area contributed by atoms with Crippen LogP contribution in [0.4, 0.5) is 5.82 Å². The van der Waals surface area contributed by atoms with E-state index in [9.17, 15) is 0 Å². The van der Waals surface area contributed by atoms with Crippen molar-refractivity contribution in [2.75, 3.05) is 12.3 Å². The quantitative estimate of drug-likeness (QED) is 0.453. The number of rotatable bonds is 4. The Bertz CT molecular complexity index is 1280. The maximum atomic E-state index is 6.26. The van der Waals surface area contributed by atoms with E-state index in [2.05, 4.69) is 29.0 Å². The third kappa shape index (κ3) is 3.49. The van der Waals surface area contributed by atoms with E-state index in [0.717, 1.165) is 26.7 Å². The number of hydrogen-bond acceptors (Lipinski definition) is 9. The number of thioether (sulfide) groups is 1. The summed E-state index contributed by atoms with van der Waals surface area (Å²) in [6, 6.07) is 7.63. The van der Waals surface area contributed by atoms with Gasteiger partial charge in [0.25, 0.3) is 0 Å². The van der Waals surface area contributed by atoms with E-state index >= 15 is 0 Å². The highest BCUT2D eigenvalue weighted by Crippen LogP contribution is 2.39. The van der Waals surface area contributed by atoms with Crippen molar-refractivity contribution in [3.63, 3.8) is 0 Å². The Morgan fingerprint density at radius 3 is 2.77 bits per heavy atom. The van der Waals surface area contributed by atoms with Gasteiger partial charge in [0, 0.05) is 11.9 Å². The largest absolute Gasteiger partial charge is 0.485 e. The molecule has 2 unspecified atom stereocenters. The minimum Gasteiger partial charge on any atom is -0.485 e. The summed E-state index contributed by atoms with van der Waals surface area (Å²) < 4.78 is 13.8. The molecule has 31 heavy (non-hydrogen) atoms. The number of para-hydroxylation sites is 2. The lowest BCUT2D eigenvalue weighted by Crippen LogP contribution is -2.24. The summed E-state index contributed by atoms with van der Waals surface area (Å²) in [7, 11) is 1.93. The Morgan fingerprint density at radius 2 is 1.97 bits per heavy atom. The number of ether oxygens (including phenoxy) is 2. The van der Waals surface area contributed by atoms with Gasteiger partial charge in [-0.25, -0.2) is 9.97 Å². The first-order chi connectivity index (χ1) is 14.9. The predicted octanol–water partition coefficient (Wildman–Crippen LogP) is 4.38. The summed E-state index contributed by atoms with van der Waals surface area (Å²) in [5, 5.41) is 10.4. The van der Waals surface area contributed by atoms with Crippen molar-refractivity contribution in [2.45, 2.75) is 37.3 Å². The van der Waals surface area contributed by atoms with Crippen LogP contribution in [-0.4, -0.2) is 31.3 Å². The molecule has 10 heteroatoms. The smallest absolute Gasteiger partial charge is 0.192 e. The first-order valence-corrected chi connectivity index (χ1v) is 11.6. The van der Waals surface area contributed by atoms with Crippen LogP contribution in [-0.2, 0) is 7.05 Å². The summed E-state index contributed by atoms with van der Waals surface area (Å²) in [5.74, 6) is 3.38. The molecule has 3 aromatic heterocycles. The minimum absolute atomic E-state index is 0.0468. The first kappa shape index (κ1) is 20.1. The number of nitrogens with two attached hydrogens (primary N) is 1. The van der Waals surface area contributed by atoms with Crippen LogP contribution in [0.1, 0.15) is 40.4 Å². The third-order valence-electron chi connectivity index (χ3n) is 5.38. The number of fused-ring (bicyclic) bond motifs is 2. The van der Waals surface area contributed by atoms with Crippen molar-refractivity contribution < 1.29 is 9.47 Å². The lowest BCUT2D eigenvalue weighted by atomic mass is 10.2. The van der Waals surface area contributed by atoms with Gasteiger partial charge in [0.05, 0.1) is 10.6 Å². The average Bonchev–Trinajstić information content (AvgIpc) is 3.26. The maximum absolute atomic E-state index is 6.26. The fourth-order valence-electron chi connectivity index (χ4n) is 3.55. The number of aryl methyl sites for hydroxylation is 2. The molecular formula is C21H22N6O2S2. The molecular weight excluding hydrogens is 432 g/mol. The number of hydrogen-bond donors (Lipinski definition) is 1. The maximum Gasteiger partial charge on any atom is 0.192 e. The second-order valence-electron chi connectivity index (χ2n) is 7.45. The standard InChI is InChI=1S/C21H22N6O2S2/c1-10-11(2)30-20-16(10)17(22)23-18(24-20)12(3)31-21-26-25-19(27(21)4)15-9-28-13-7-5-6-8-14(13)29-15/h5-8,12,15H,9H2,1-4H3,(H2,22,23,24). The van der Waals surface area contributed by atoms with Gasteiger partial charge in [-0.3, -0.25) is 0 Å². The summed E-state index contributed by atoms with van der Waals surface area (Å²) >= 11 is 3.19. The van der Waals surface area contributed by atoms with Crippen LogP contribution >= 0.6 is 23.1 Å². The molecule has 0 saturated heterocycles. The Hall–Kier alpha value is -2.85. The number of aromatic nitrogens is 5. The fraction of sp³-hybridized carbons (Fsp3) is 0.333. The molecule has 1 aliphatic rings. The van der Waals surface area contributed by atoms with E-state index in [4.69, 9.17) is 20.2 Å². The highest BCUT2D eigenvalue weighted by atomic mass is 32.2. The zero-order valence-electron chi connectivity index (χ0n) is 17.6. The Kier molecular flexibility index (Phi) is 4.98. The Morgan fingerprint density at radius 1 is 1.19 bits per heavy atom. The van der Waals surface area contributed by atoms with E-state index < -0.39 is 0 Å². The molecule has 0 aliphatic carbocycles. The molecule has 5 rings (SSSR count). The molecule has 0 spiro atoms. The average molecular weight is 455 g/mol. The monoisotopic (exact) mass is 454 g/mol. The second kappa shape index (κ2) is 7.69. The van der Waals surface area contributed by atoms with Crippen molar-refractivity contribution in [1.29, 1.82) is 0 Å². The molecule has 0 saturated carbocycles. The number of benzene rings is 1. The van der Waals surface area contributed by atoms with Crippen molar-refractivity contribution >= 4 is 39.1 Å². The Labute approximate surface area is 187 Å². The van der Waals surface area contributed by atoms with Crippen molar-refractivity contribution in [1.82, 2.24) is 24.7 Å². The summed E-state index contributed by atoms with van der Waals surface area (Å²) in [5.41, 5.74) is 7.41. The zero-order chi connectivity index (χ0) is 21.7. The number of thiophene rings is 1. The van der Waals surface area contributed by atoms with Crippen LogP contribution in [0.5, 0.6) is 11.5 Å². The highest BCUT2D eigenvalue weighted by molar-refractivity contribution is 7.99. The molecule has 1 aliphatic heterocycles. The molecule has 2 atom stereocenters. The zero-order valence-corrected chi connectivity index (χ0v) is 19.3. The van der Waals surface area contributed by atoms with Gasteiger partial charge in [0.15, 0.2) is 28.6 Å². The summed E-state index contributed by atoms with van der Waals surface area (Å²) in [6.07, 6.45) is -0.322. The van der Waals surface area contributed by atoms with E-state index in [1.54, 1.807) is 11.3 Å². The van der Waals surface area contributed by atoms with E-state index in [-0.39, 0.29) is 11.4 Å². The molecule has 0 radical (unpaired) electrons. The molecule has 4 aromatic rings. The predicted molar refractivity (Wildman–Crippen MR) is 122 cm³/mol. The molecule has 0 amide bonds. The molecule has 2 N–H and O–H groups in total. The minimum atomic E-state index is -0.322. The van der Waals surface area contributed by atoms with Gasteiger partial charge in [0.1, 0.15) is 23.1 Å². The molecule has 1 aromatic carbocycles. The van der Waals surface area contributed by atoms with Gasteiger partial charge in [0.2, 0.25) is 0 Å². The van der Waals surface area contributed by atoms with Crippen molar-refractivity contribution in [3.8, 4) is 11.5 Å². The number of nitrogen functional groups attached to an aromatic ring is 1. The van der Waals surface area contributed by atoms with Crippen LogP contribution in [0.2, 0.25) is 0 Å². The van der Waals surface area contributed by atoms with Gasteiger partial charge in [-0.15, -0.1) is 21.5 Å². The third-order valence-corrected chi connectivity index (χ3v) is 7.62. The van der Waals surface area contributed by atoms with Gasteiger partial charge in [-0.05, 0) is 38.5 Å². The van der Waals surface area contributed by atoms with Crippen LogP contribution in [0.15, 0.2) is 29.4 Å². The number of anilines is 1. The normalized spacial score (nSPS) is 16.6. The van der Waals surface area contributed by atoms with Crippen molar-refractivity contribution in [2.24, 2.45) is 7.05 Å². The van der Waals surface area contributed by atoms with Gasteiger partial charge >= 0.3 is 0 Å². The summed E-state index contributed by atoms with van der Waals surface area (Å²) in [4.78, 5) is 11.5. The van der Waals surface area contributed by atoms with E-state index in [1.165, 1.54) is 16.6 Å². The van der Waals surface area contributed by atoms with E-state index in [1.807, 2.05) is 42.8 Å². The first-order valence-electron chi connectivity index (χ1n) is 9.90. The van der Waals surface area contributed by atoms with Crippen LogP contribution < -0.4 is 15.2 Å². The molecule has 160 valence electrons. The van der Waals surface area contributed by atoms with Gasteiger partial charge in [-0.2, -0.15) is 0 Å². The van der Waals surface area contributed by atoms with Gasteiger partial charge < -0.3 is 19.8 Å². The SMILES string of the molecule is Cc1sc2nc(C(C)Sc3nnc(C4COc5ccccc5O4)n3C)nc(N)c2c1C. The Balaban J connectivity index is 1.38. The topological polar surface area (TPSA) is 101 Å². The second-order valence-corrected chi connectivity index (χ2v) is 9.97. The molecule has 0 bridgehead atoms. The molecule has 8 nitrogen and oxygen atoms in total. The molecule has 4 heterocycles. The van der Waals surface area contributed by atoms with Crippen LogP contribution in [0.3, 0.4) is 0 Å². The van der Waals surface area contributed by atoms with Gasteiger partial charge in [-0.1, -0.05) is 23.9 Å². The lowest BCUT2D eigenvalue weighted by molar-refractivity contribution is 0.0825. The lowest BCUT2D eigenvalue weighted by Gasteiger charge is -2.25. The molecule has 0 fully saturated rings.